The molecule has 0 heterocycles. The average Bonchev–Trinajstić information content (AvgIpc) is 2.52. The summed E-state index contributed by atoms with van der Waals surface area (Å²) >= 11 is 5.96. The first-order valence-electron chi connectivity index (χ1n) is 7.47. The van der Waals surface area contributed by atoms with Crippen LogP contribution in [0.5, 0.6) is 0 Å². The van der Waals surface area contributed by atoms with Crippen LogP contribution >= 0.6 is 11.6 Å². The van der Waals surface area contributed by atoms with E-state index in [1.807, 2.05) is 26.2 Å². The van der Waals surface area contributed by atoms with Gasteiger partial charge >= 0.3 is 0 Å². The van der Waals surface area contributed by atoms with Crippen molar-refractivity contribution in [2.45, 2.75) is 13.1 Å². The Labute approximate surface area is 142 Å². The SMILES string of the molecule is CNc1cc(Cl)ccc1C(=O)NCc1cccc(CN(C)C)c1. The van der Waals surface area contributed by atoms with E-state index in [4.69, 9.17) is 11.6 Å². The van der Waals surface area contributed by atoms with Gasteiger partial charge in [0.05, 0.1) is 5.56 Å². The van der Waals surface area contributed by atoms with Gasteiger partial charge in [0.15, 0.2) is 0 Å². The predicted octanol–water partition coefficient (Wildman–Crippen LogP) is 3.37. The summed E-state index contributed by atoms with van der Waals surface area (Å²) in [5.74, 6) is -0.121. The maximum absolute atomic E-state index is 12.4. The molecule has 0 radical (unpaired) electrons. The van der Waals surface area contributed by atoms with Crippen LogP contribution in [0.15, 0.2) is 42.5 Å². The molecule has 0 aliphatic carbocycles. The molecule has 4 nitrogen and oxygen atoms in total. The number of halogens is 1. The summed E-state index contributed by atoms with van der Waals surface area (Å²) in [5.41, 5.74) is 3.61. The molecule has 1 amide bonds. The van der Waals surface area contributed by atoms with E-state index in [1.165, 1.54) is 5.56 Å². The molecule has 0 bridgehead atoms. The maximum Gasteiger partial charge on any atom is 0.253 e. The number of nitrogens with one attached hydrogen (secondary N) is 2. The quantitative estimate of drug-likeness (QED) is 0.853. The lowest BCUT2D eigenvalue weighted by Crippen LogP contribution is -2.23. The number of anilines is 1. The molecule has 0 spiro atoms. The molecular weight excluding hydrogens is 310 g/mol. The van der Waals surface area contributed by atoms with E-state index in [2.05, 4.69) is 27.7 Å². The van der Waals surface area contributed by atoms with Crippen molar-refractivity contribution in [1.82, 2.24) is 10.2 Å². The minimum absolute atomic E-state index is 0.121. The molecule has 0 aliphatic heterocycles. The number of benzene rings is 2. The molecule has 5 heteroatoms. The zero-order valence-electron chi connectivity index (χ0n) is 13.7. The van der Waals surface area contributed by atoms with Gasteiger partial charge in [-0.1, -0.05) is 35.9 Å². The summed E-state index contributed by atoms with van der Waals surface area (Å²) in [7, 11) is 5.84. The van der Waals surface area contributed by atoms with Crippen LogP contribution in [0.3, 0.4) is 0 Å². The Kier molecular flexibility index (Phi) is 6.02. The second-order valence-electron chi connectivity index (χ2n) is 5.68. The van der Waals surface area contributed by atoms with Crippen LogP contribution in [0.25, 0.3) is 0 Å². The van der Waals surface area contributed by atoms with Gasteiger partial charge < -0.3 is 15.5 Å². The van der Waals surface area contributed by atoms with Gasteiger partial charge in [-0.15, -0.1) is 0 Å². The standard InChI is InChI=1S/C18H22ClN3O/c1-20-17-10-15(19)7-8-16(17)18(23)21-11-13-5-4-6-14(9-13)12-22(2)3/h4-10,20H,11-12H2,1-3H3,(H,21,23). The van der Waals surface area contributed by atoms with Gasteiger partial charge in [0, 0.05) is 30.8 Å². The van der Waals surface area contributed by atoms with E-state index >= 15 is 0 Å². The monoisotopic (exact) mass is 331 g/mol. The molecule has 0 saturated heterocycles. The van der Waals surface area contributed by atoms with Crippen molar-refractivity contribution in [2.75, 3.05) is 26.5 Å². The fourth-order valence-electron chi connectivity index (χ4n) is 2.40. The minimum Gasteiger partial charge on any atom is -0.387 e. The number of rotatable bonds is 6. The lowest BCUT2D eigenvalue weighted by atomic mass is 10.1. The van der Waals surface area contributed by atoms with E-state index in [1.54, 1.807) is 25.2 Å². The Balaban J connectivity index is 2.05. The maximum atomic E-state index is 12.4. The largest absolute Gasteiger partial charge is 0.387 e. The number of hydrogen-bond donors (Lipinski definition) is 2. The topological polar surface area (TPSA) is 44.4 Å². The molecule has 2 rings (SSSR count). The van der Waals surface area contributed by atoms with Gasteiger partial charge in [0.25, 0.3) is 5.91 Å². The Morgan fingerprint density at radius 3 is 2.57 bits per heavy atom. The number of amides is 1. The first-order chi connectivity index (χ1) is 11.0. The van der Waals surface area contributed by atoms with Crippen molar-refractivity contribution in [3.05, 3.63) is 64.2 Å². The number of carbonyl (C=O) groups excluding carboxylic acids is 1. The van der Waals surface area contributed by atoms with Crippen molar-refractivity contribution < 1.29 is 4.79 Å². The molecule has 2 aromatic carbocycles. The van der Waals surface area contributed by atoms with Crippen molar-refractivity contribution >= 4 is 23.2 Å². The first-order valence-corrected chi connectivity index (χ1v) is 7.85. The van der Waals surface area contributed by atoms with Crippen LogP contribution < -0.4 is 10.6 Å². The zero-order chi connectivity index (χ0) is 16.8. The molecule has 0 saturated carbocycles. The van der Waals surface area contributed by atoms with Crippen LogP contribution in [0.1, 0.15) is 21.5 Å². The number of carbonyl (C=O) groups is 1. The number of hydrogen-bond acceptors (Lipinski definition) is 3. The Bertz CT molecular complexity index is 686. The van der Waals surface area contributed by atoms with Crippen LogP contribution in [0.4, 0.5) is 5.69 Å². The van der Waals surface area contributed by atoms with Gasteiger partial charge in [0.1, 0.15) is 0 Å². The van der Waals surface area contributed by atoms with E-state index < -0.39 is 0 Å². The molecule has 122 valence electrons. The van der Waals surface area contributed by atoms with Crippen LogP contribution in [-0.2, 0) is 13.1 Å². The molecule has 0 aliphatic rings. The van der Waals surface area contributed by atoms with E-state index in [9.17, 15) is 4.79 Å². The summed E-state index contributed by atoms with van der Waals surface area (Å²) in [5, 5.41) is 6.55. The molecular formula is C18H22ClN3O. The van der Waals surface area contributed by atoms with Gasteiger partial charge in [-0.05, 0) is 43.4 Å². The highest BCUT2D eigenvalue weighted by molar-refractivity contribution is 6.31. The molecule has 23 heavy (non-hydrogen) atoms. The first kappa shape index (κ1) is 17.3. The second-order valence-corrected chi connectivity index (χ2v) is 6.12. The lowest BCUT2D eigenvalue weighted by Gasteiger charge is -2.12. The van der Waals surface area contributed by atoms with Crippen molar-refractivity contribution in [1.29, 1.82) is 0 Å². The van der Waals surface area contributed by atoms with Crippen LogP contribution in [0.2, 0.25) is 5.02 Å². The Morgan fingerprint density at radius 2 is 1.87 bits per heavy atom. The third kappa shape index (κ3) is 4.98. The van der Waals surface area contributed by atoms with Crippen molar-refractivity contribution in [2.24, 2.45) is 0 Å². The minimum atomic E-state index is -0.121. The third-order valence-corrected chi connectivity index (χ3v) is 3.67. The normalized spacial score (nSPS) is 10.7. The predicted molar refractivity (Wildman–Crippen MR) is 96.0 cm³/mol. The molecule has 0 unspecified atom stereocenters. The molecule has 2 N–H and O–H groups in total. The molecule has 0 atom stereocenters. The Hall–Kier alpha value is -2.04. The third-order valence-electron chi connectivity index (χ3n) is 3.44. The fourth-order valence-corrected chi connectivity index (χ4v) is 2.57. The fraction of sp³-hybridized carbons (Fsp3) is 0.278. The highest BCUT2D eigenvalue weighted by atomic mass is 35.5. The number of nitrogens with zero attached hydrogens (tertiary/aromatic N) is 1. The zero-order valence-corrected chi connectivity index (χ0v) is 14.4. The van der Waals surface area contributed by atoms with Crippen molar-refractivity contribution in [3.63, 3.8) is 0 Å². The summed E-state index contributed by atoms with van der Waals surface area (Å²) < 4.78 is 0. The van der Waals surface area contributed by atoms with Gasteiger partial charge in [-0.25, -0.2) is 0 Å². The van der Waals surface area contributed by atoms with E-state index in [-0.39, 0.29) is 5.91 Å². The summed E-state index contributed by atoms with van der Waals surface area (Å²) in [4.78, 5) is 14.5. The second kappa shape index (κ2) is 7.99. The smallest absolute Gasteiger partial charge is 0.253 e. The summed E-state index contributed by atoms with van der Waals surface area (Å²) in [6.07, 6.45) is 0. The van der Waals surface area contributed by atoms with E-state index in [0.29, 0.717) is 17.1 Å². The van der Waals surface area contributed by atoms with Gasteiger partial charge in [-0.3, -0.25) is 4.79 Å². The van der Waals surface area contributed by atoms with Crippen molar-refractivity contribution in [3.8, 4) is 0 Å². The molecule has 2 aromatic rings. The van der Waals surface area contributed by atoms with Gasteiger partial charge in [0.2, 0.25) is 0 Å². The van der Waals surface area contributed by atoms with Gasteiger partial charge in [-0.2, -0.15) is 0 Å². The lowest BCUT2D eigenvalue weighted by molar-refractivity contribution is 0.0951. The van der Waals surface area contributed by atoms with Crippen LogP contribution in [0, 0.1) is 0 Å². The Morgan fingerprint density at radius 1 is 1.13 bits per heavy atom. The van der Waals surface area contributed by atoms with E-state index in [0.717, 1.165) is 17.8 Å². The summed E-state index contributed by atoms with van der Waals surface area (Å²) in [6.45, 7) is 1.37. The highest BCUT2D eigenvalue weighted by Crippen LogP contribution is 2.20. The van der Waals surface area contributed by atoms with Crippen LogP contribution in [-0.4, -0.2) is 32.0 Å². The highest BCUT2D eigenvalue weighted by Gasteiger charge is 2.11. The average molecular weight is 332 g/mol. The summed E-state index contributed by atoms with van der Waals surface area (Å²) in [6, 6.07) is 13.4. The molecule has 0 aromatic heterocycles. The molecule has 0 fully saturated rings.